The predicted molar refractivity (Wildman–Crippen MR) is 92.5 cm³/mol. The summed E-state index contributed by atoms with van der Waals surface area (Å²) < 4.78 is 0. The minimum atomic E-state index is 0.0240. The van der Waals surface area contributed by atoms with Crippen LogP contribution in [0.1, 0.15) is 30.4 Å². The number of aliphatic imine (C=N–C) groups is 1. The summed E-state index contributed by atoms with van der Waals surface area (Å²) in [6.45, 7) is 0.193. The Morgan fingerprint density at radius 1 is 1.13 bits per heavy atom. The Morgan fingerprint density at radius 3 is 2.52 bits per heavy atom. The Bertz CT molecular complexity index is 592. The van der Waals surface area contributed by atoms with E-state index >= 15 is 0 Å². The van der Waals surface area contributed by atoms with E-state index in [2.05, 4.69) is 39.9 Å². The molecule has 5 heteroatoms. The molecule has 1 unspecified atom stereocenters. The van der Waals surface area contributed by atoms with Crippen LogP contribution in [0.25, 0.3) is 0 Å². The molecule has 2 N–H and O–H groups in total. The van der Waals surface area contributed by atoms with E-state index in [1.165, 1.54) is 24.0 Å². The molecule has 0 heterocycles. The SMILES string of the molecule is CN(C)C(=O)CN=C(NC1CC1)NC1CCc2ccccc2C1. The number of hydrogen-bond acceptors (Lipinski definition) is 2. The fourth-order valence-corrected chi connectivity index (χ4v) is 2.86. The van der Waals surface area contributed by atoms with E-state index < -0.39 is 0 Å². The van der Waals surface area contributed by atoms with E-state index in [0.29, 0.717) is 12.1 Å². The van der Waals surface area contributed by atoms with Gasteiger partial charge in [-0.25, -0.2) is 4.99 Å². The van der Waals surface area contributed by atoms with Crippen molar-refractivity contribution in [1.29, 1.82) is 0 Å². The molecule has 2 aliphatic carbocycles. The lowest BCUT2D eigenvalue weighted by atomic mass is 9.88. The van der Waals surface area contributed by atoms with Gasteiger partial charge in [0.1, 0.15) is 6.54 Å². The average molecular weight is 314 g/mol. The first-order chi connectivity index (χ1) is 11.1. The Kier molecular flexibility index (Phi) is 4.84. The number of hydrogen-bond donors (Lipinski definition) is 2. The second kappa shape index (κ2) is 7.02. The highest BCUT2D eigenvalue weighted by Gasteiger charge is 2.25. The van der Waals surface area contributed by atoms with Crippen LogP contribution in [0.4, 0.5) is 0 Å². The molecule has 1 fully saturated rings. The summed E-state index contributed by atoms with van der Waals surface area (Å²) in [5.74, 6) is 0.808. The molecule has 1 atom stereocenters. The lowest BCUT2D eigenvalue weighted by Gasteiger charge is -2.27. The fraction of sp³-hybridized carbons (Fsp3) is 0.556. The molecule has 5 nitrogen and oxygen atoms in total. The molecule has 3 rings (SSSR count). The molecule has 0 radical (unpaired) electrons. The van der Waals surface area contributed by atoms with Crippen molar-refractivity contribution in [3.8, 4) is 0 Å². The summed E-state index contributed by atoms with van der Waals surface area (Å²) in [5.41, 5.74) is 2.88. The number of nitrogens with zero attached hydrogens (tertiary/aromatic N) is 2. The Balaban J connectivity index is 1.62. The normalized spacial score (nSPS) is 20.6. The summed E-state index contributed by atoms with van der Waals surface area (Å²) in [7, 11) is 3.52. The molecular formula is C18H26N4O. The van der Waals surface area contributed by atoms with E-state index in [4.69, 9.17) is 0 Å². The third-order valence-electron chi connectivity index (χ3n) is 4.48. The van der Waals surface area contributed by atoms with Gasteiger partial charge in [0, 0.05) is 26.2 Å². The molecular weight excluding hydrogens is 288 g/mol. The number of nitrogens with one attached hydrogen (secondary N) is 2. The first-order valence-electron chi connectivity index (χ1n) is 8.46. The summed E-state index contributed by atoms with van der Waals surface area (Å²) in [5, 5.41) is 6.96. The molecule has 0 aromatic heterocycles. The smallest absolute Gasteiger partial charge is 0.243 e. The molecule has 1 aromatic carbocycles. The van der Waals surface area contributed by atoms with Gasteiger partial charge in [-0.05, 0) is 43.2 Å². The van der Waals surface area contributed by atoms with Gasteiger partial charge in [0.05, 0.1) is 0 Å². The topological polar surface area (TPSA) is 56.7 Å². The van der Waals surface area contributed by atoms with Gasteiger partial charge in [-0.15, -0.1) is 0 Å². The monoisotopic (exact) mass is 314 g/mol. The van der Waals surface area contributed by atoms with Gasteiger partial charge in [0.15, 0.2) is 5.96 Å². The van der Waals surface area contributed by atoms with Crippen molar-refractivity contribution in [3.63, 3.8) is 0 Å². The van der Waals surface area contributed by atoms with Crippen molar-refractivity contribution < 1.29 is 4.79 Å². The van der Waals surface area contributed by atoms with E-state index in [0.717, 1.165) is 25.2 Å². The molecule has 2 aliphatic rings. The number of guanidine groups is 1. The van der Waals surface area contributed by atoms with Crippen molar-refractivity contribution >= 4 is 11.9 Å². The maximum absolute atomic E-state index is 11.8. The molecule has 1 amide bonds. The van der Waals surface area contributed by atoms with Crippen LogP contribution in [-0.4, -0.2) is 49.5 Å². The Morgan fingerprint density at radius 2 is 1.83 bits per heavy atom. The molecule has 0 bridgehead atoms. The van der Waals surface area contributed by atoms with E-state index in [1.54, 1.807) is 19.0 Å². The Labute approximate surface area is 138 Å². The van der Waals surface area contributed by atoms with Crippen molar-refractivity contribution in [2.45, 2.75) is 44.2 Å². The maximum atomic E-state index is 11.8. The van der Waals surface area contributed by atoms with Crippen LogP contribution in [0.15, 0.2) is 29.3 Å². The number of rotatable bonds is 4. The van der Waals surface area contributed by atoms with Crippen LogP contribution in [0.5, 0.6) is 0 Å². The quantitative estimate of drug-likeness (QED) is 0.651. The minimum Gasteiger partial charge on any atom is -0.354 e. The van der Waals surface area contributed by atoms with Gasteiger partial charge in [-0.1, -0.05) is 24.3 Å². The first kappa shape index (κ1) is 15.8. The van der Waals surface area contributed by atoms with Crippen molar-refractivity contribution in [2.24, 2.45) is 4.99 Å². The van der Waals surface area contributed by atoms with Gasteiger partial charge in [0.2, 0.25) is 5.91 Å². The highest BCUT2D eigenvalue weighted by Crippen LogP contribution is 2.22. The summed E-state index contributed by atoms with van der Waals surface area (Å²) >= 11 is 0. The van der Waals surface area contributed by atoms with E-state index in [-0.39, 0.29) is 12.5 Å². The van der Waals surface area contributed by atoms with Crippen LogP contribution in [-0.2, 0) is 17.6 Å². The molecule has 0 spiro atoms. The summed E-state index contributed by atoms with van der Waals surface area (Å²) in [4.78, 5) is 17.8. The number of aryl methyl sites for hydroxylation is 1. The standard InChI is InChI=1S/C18H26N4O/c1-22(2)17(23)12-19-18(20-15-9-10-15)21-16-8-7-13-5-3-4-6-14(13)11-16/h3-6,15-16H,7-12H2,1-2H3,(H2,19,20,21). The van der Waals surface area contributed by atoms with Crippen LogP contribution in [0.2, 0.25) is 0 Å². The predicted octanol–water partition coefficient (Wildman–Crippen LogP) is 1.33. The average Bonchev–Trinajstić information content (AvgIpc) is 3.36. The highest BCUT2D eigenvalue weighted by atomic mass is 16.2. The van der Waals surface area contributed by atoms with Gasteiger partial charge < -0.3 is 15.5 Å². The molecule has 1 aromatic rings. The third-order valence-corrected chi connectivity index (χ3v) is 4.48. The fourth-order valence-electron chi connectivity index (χ4n) is 2.86. The van der Waals surface area contributed by atoms with Crippen molar-refractivity contribution in [1.82, 2.24) is 15.5 Å². The largest absolute Gasteiger partial charge is 0.354 e. The summed E-state index contributed by atoms with van der Waals surface area (Å²) in [6.07, 6.45) is 5.60. The zero-order chi connectivity index (χ0) is 16.2. The maximum Gasteiger partial charge on any atom is 0.243 e. The zero-order valence-corrected chi connectivity index (χ0v) is 14.0. The van der Waals surface area contributed by atoms with Crippen LogP contribution in [0, 0.1) is 0 Å². The minimum absolute atomic E-state index is 0.0240. The van der Waals surface area contributed by atoms with Crippen LogP contribution < -0.4 is 10.6 Å². The van der Waals surface area contributed by atoms with Crippen LogP contribution in [0.3, 0.4) is 0 Å². The first-order valence-corrected chi connectivity index (χ1v) is 8.46. The van der Waals surface area contributed by atoms with Crippen LogP contribution >= 0.6 is 0 Å². The van der Waals surface area contributed by atoms with E-state index in [9.17, 15) is 4.79 Å². The lowest BCUT2D eigenvalue weighted by molar-refractivity contribution is -0.127. The number of carbonyl (C=O) groups is 1. The van der Waals surface area contributed by atoms with Crippen molar-refractivity contribution in [3.05, 3.63) is 35.4 Å². The number of likely N-dealkylation sites (N-methyl/N-ethyl adjacent to an activating group) is 1. The zero-order valence-electron chi connectivity index (χ0n) is 14.0. The number of amides is 1. The van der Waals surface area contributed by atoms with E-state index in [1.807, 2.05) is 0 Å². The van der Waals surface area contributed by atoms with Gasteiger partial charge >= 0.3 is 0 Å². The summed E-state index contributed by atoms with van der Waals surface area (Å²) in [6, 6.07) is 9.55. The van der Waals surface area contributed by atoms with Crippen molar-refractivity contribution in [2.75, 3.05) is 20.6 Å². The number of fused-ring (bicyclic) bond motifs is 1. The number of benzene rings is 1. The van der Waals surface area contributed by atoms with Gasteiger partial charge in [0.25, 0.3) is 0 Å². The molecule has 23 heavy (non-hydrogen) atoms. The van der Waals surface area contributed by atoms with Gasteiger partial charge in [-0.2, -0.15) is 0 Å². The Hall–Kier alpha value is -2.04. The molecule has 124 valence electrons. The highest BCUT2D eigenvalue weighted by molar-refractivity contribution is 5.85. The lowest BCUT2D eigenvalue weighted by Crippen LogP contribution is -2.46. The number of carbonyl (C=O) groups excluding carboxylic acids is 1. The molecule has 0 aliphatic heterocycles. The molecule has 1 saturated carbocycles. The second-order valence-electron chi connectivity index (χ2n) is 6.72. The van der Waals surface area contributed by atoms with Gasteiger partial charge in [-0.3, -0.25) is 4.79 Å². The third kappa shape index (κ3) is 4.47. The second-order valence-corrected chi connectivity index (χ2v) is 6.72. The molecule has 0 saturated heterocycles.